The van der Waals surface area contributed by atoms with Crippen molar-refractivity contribution in [3.63, 3.8) is 0 Å². The molecule has 1 saturated heterocycles. The van der Waals surface area contributed by atoms with E-state index in [1.807, 2.05) is 49.3 Å². The molecule has 1 aromatic heterocycles. The zero-order chi connectivity index (χ0) is 24.6. The Labute approximate surface area is 206 Å². The van der Waals surface area contributed by atoms with Gasteiger partial charge in [0.2, 0.25) is 0 Å². The van der Waals surface area contributed by atoms with Crippen molar-refractivity contribution in [1.29, 1.82) is 0 Å². The highest BCUT2D eigenvalue weighted by Crippen LogP contribution is 2.29. The highest BCUT2D eigenvalue weighted by Gasteiger charge is 2.36. The van der Waals surface area contributed by atoms with Crippen LogP contribution < -0.4 is 4.90 Å². The average Bonchev–Trinajstić information content (AvgIpc) is 3.49. The zero-order valence-corrected chi connectivity index (χ0v) is 21.1. The molecule has 0 radical (unpaired) electrons. The van der Waals surface area contributed by atoms with Gasteiger partial charge in [-0.25, -0.2) is 8.42 Å². The molecule has 0 spiro atoms. The normalized spacial score (nSPS) is 18.7. The van der Waals surface area contributed by atoms with Gasteiger partial charge in [-0.05, 0) is 67.0 Å². The van der Waals surface area contributed by atoms with Crippen LogP contribution in [0.3, 0.4) is 0 Å². The number of anilines is 1. The van der Waals surface area contributed by atoms with Crippen molar-refractivity contribution < 1.29 is 17.7 Å². The standard InChI is InChI=1S/C27H31N3O4S/c1-29(2)23-11-7-19(8-12-23)17-30(24-13-14-35(32,33)18-24)27(31)25-16-26(34-28-25)22-10-9-20-5-3-4-6-21(20)15-22/h7-12,15-16,24H,3-6,13-14,17-18H2,1-2H3/t24-/m1/s1. The van der Waals surface area contributed by atoms with Crippen molar-refractivity contribution >= 4 is 21.4 Å². The number of sulfone groups is 1. The second-order valence-electron chi connectivity index (χ2n) is 9.82. The van der Waals surface area contributed by atoms with Gasteiger partial charge in [0.05, 0.1) is 11.5 Å². The van der Waals surface area contributed by atoms with Crippen LogP contribution in [0.25, 0.3) is 11.3 Å². The number of nitrogens with zero attached hydrogens (tertiary/aromatic N) is 3. The average molecular weight is 494 g/mol. The van der Waals surface area contributed by atoms with Crippen LogP contribution in [0.2, 0.25) is 0 Å². The highest BCUT2D eigenvalue weighted by atomic mass is 32.2. The lowest BCUT2D eigenvalue weighted by Gasteiger charge is -2.27. The van der Waals surface area contributed by atoms with E-state index in [1.54, 1.807) is 11.0 Å². The third-order valence-corrected chi connectivity index (χ3v) is 8.83. The summed E-state index contributed by atoms with van der Waals surface area (Å²) >= 11 is 0. The van der Waals surface area contributed by atoms with Gasteiger partial charge in [0.15, 0.2) is 21.3 Å². The molecule has 5 rings (SSSR count). The number of hydrogen-bond acceptors (Lipinski definition) is 6. The fraction of sp³-hybridized carbons (Fsp3) is 0.407. The topological polar surface area (TPSA) is 83.7 Å². The van der Waals surface area contributed by atoms with Gasteiger partial charge in [-0.15, -0.1) is 0 Å². The first-order valence-electron chi connectivity index (χ1n) is 12.2. The van der Waals surface area contributed by atoms with Crippen LogP contribution in [0.4, 0.5) is 5.69 Å². The van der Waals surface area contributed by atoms with Crippen molar-refractivity contribution in [2.24, 2.45) is 0 Å². The first-order valence-corrected chi connectivity index (χ1v) is 14.0. The number of amides is 1. The second kappa shape index (κ2) is 9.49. The predicted octanol–water partition coefficient (Wildman–Crippen LogP) is 4.12. The van der Waals surface area contributed by atoms with Crippen LogP contribution in [-0.2, 0) is 29.2 Å². The number of carbonyl (C=O) groups excluding carboxylic acids is 1. The number of rotatable bonds is 6. The van der Waals surface area contributed by atoms with Crippen molar-refractivity contribution in [3.05, 3.63) is 70.9 Å². The van der Waals surface area contributed by atoms with Crippen molar-refractivity contribution in [2.45, 2.75) is 44.7 Å². The fourth-order valence-electron chi connectivity index (χ4n) is 5.03. The third kappa shape index (κ3) is 5.12. The van der Waals surface area contributed by atoms with Gasteiger partial charge in [0, 0.05) is 44.0 Å². The summed E-state index contributed by atoms with van der Waals surface area (Å²) in [6.45, 7) is 0.313. The van der Waals surface area contributed by atoms with E-state index < -0.39 is 9.84 Å². The van der Waals surface area contributed by atoms with Crippen molar-refractivity contribution in [2.75, 3.05) is 30.5 Å². The number of benzene rings is 2. The summed E-state index contributed by atoms with van der Waals surface area (Å²) in [5, 5.41) is 4.09. The van der Waals surface area contributed by atoms with Gasteiger partial charge >= 0.3 is 0 Å². The summed E-state index contributed by atoms with van der Waals surface area (Å²) in [5.74, 6) is 0.317. The van der Waals surface area contributed by atoms with Gasteiger partial charge in [-0.1, -0.05) is 29.4 Å². The van der Waals surface area contributed by atoms with E-state index in [2.05, 4.69) is 17.3 Å². The molecule has 1 amide bonds. The Morgan fingerprint density at radius 2 is 1.77 bits per heavy atom. The van der Waals surface area contributed by atoms with E-state index in [0.717, 1.165) is 29.7 Å². The second-order valence-corrected chi connectivity index (χ2v) is 12.0. The van der Waals surface area contributed by atoms with Crippen LogP contribution in [0.5, 0.6) is 0 Å². The summed E-state index contributed by atoms with van der Waals surface area (Å²) in [7, 11) is 0.785. The number of aromatic nitrogens is 1. The first kappa shape index (κ1) is 23.6. The predicted molar refractivity (Wildman–Crippen MR) is 136 cm³/mol. The van der Waals surface area contributed by atoms with Crippen LogP contribution in [0.15, 0.2) is 53.1 Å². The highest BCUT2D eigenvalue weighted by molar-refractivity contribution is 7.91. The Kier molecular flexibility index (Phi) is 6.40. The summed E-state index contributed by atoms with van der Waals surface area (Å²) in [5.41, 5.74) is 5.81. The van der Waals surface area contributed by atoms with E-state index in [1.165, 1.54) is 24.0 Å². The minimum atomic E-state index is -3.16. The van der Waals surface area contributed by atoms with Crippen molar-refractivity contribution in [3.8, 4) is 11.3 Å². The van der Waals surface area contributed by atoms with Crippen molar-refractivity contribution in [1.82, 2.24) is 10.1 Å². The molecule has 0 N–H and O–H groups in total. The molecule has 1 fully saturated rings. The minimum absolute atomic E-state index is 0.0238. The summed E-state index contributed by atoms with van der Waals surface area (Å²) in [4.78, 5) is 17.3. The maximum Gasteiger partial charge on any atom is 0.276 e. The lowest BCUT2D eigenvalue weighted by molar-refractivity contribution is 0.0670. The Hall–Kier alpha value is -3.13. The first-order chi connectivity index (χ1) is 16.8. The van der Waals surface area contributed by atoms with Crippen LogP contribution >= 0.6 is 0 Å². The zero-order valence-electron chi connectivity index (χ0n) is 20.2. The van der Waals surface area contributed by atoms with Crippen LogP contribution in [-0.4, -0.2) is 56.0 Å². The molecule has 8 heteroatoms. The van der Waals surface area contributed by atoms with Gasteiger partial charge in [-0.2, -0.15) is 0 Å². The number of hydrogen-bond donors (Lipinski definition) is 0. The van der Waals surface area contributed by atoms with Crippen LogP contribution in [0, 0.1) is 0 Å². The van der Waals surface area contributed by atoms with E-state index in [-0.39, 0.29) is 29.1 Å². The molecule has 0 saturated carbocycles. The Balaban J connectivity index is 1.41. The lowest BCUT2D eigenvalue weighted by atomic mass is 9.90. The maximum atomic E-state index is 13.6. The molecule has 3 aromatic rings. The molecule has 184 valence electrons. The summed E-state index contributed by atoms with van der Waals surface area (Å²) in [6.07, 6.45) is 4.99. The third-order valence-electron chi connectivity index (χ3n) is 7.08. The summed E-state index contributed by atoms with van der Waals surface area (Å²) < 4.78 is 30.0. The van der Waals surface area contributed by atoms with Gasteiger partial charge in [-0.3, -0.25) is 4.79 Å². The minimum Gasteiger partial charge on any atom is -0.378 e. The fourth-order valence-corrected chi connectivity index (χ4v) is 6.76. The molecule has 1 atom stereocenters. The smallest absolute Gasteiger partial charge is 0.276 e. The SMILES string of the molecule is CN(C)c1ccc(CN(C(=O)c2cc(-c3ccc4c(c3)CCCC4)on2)[C@@H]2CCS(=O)(=O)C2)cc1. The van der Waals surface area contributed by atoms with Gasteiger partial charge < -0.3 is 14.3 Å². The quantitative estimate of drug-likeness (QED) is 0.514. The molecular formula is C27H31N3O4S. The largest absolute Gasteiger partial charge is 0.378 e. The Morgan fingerprint density at radius 1 is 1.03 bits per heavy atom. The molecule has 2 heterocycles. The van der Waals surface area contributed by atoms with E-state index >= 15 is 0 Å². The molecule has 35 heavy (non-hydrogen) atoms. The molecular weight excluding hydrogens is 462 g/mol. The summed E-state index contributed by atoms with van der Waals surface area (Å²) in [6, 6.07) is 15.5. The van der Waals surface area contributed by atoms with Gasteiger partial charge in [0.1, 0.15) is 0 Å². The monoisotopic (exact) mass is 493 g/mol. The molecule has 1 aliphatic carbocycles. The maximum absolute atomic E-state index is 13.6. The molecule has 1 aliphatic heterocycles. The Morgan fingerprint density at radius 3 is 2.46 bits per heavy atom. The van der Waals surface area contributed by atoms with Crippen LogP contribution in [0.1, 0.15) is 46.4 Å². The Bertz CT molecular complexity index is 1330. The molecule has 2 aliphatic rings. The number of fused-ring (bicyclic) bond motifs is 1. The van der Waals surface area contributed by atoms with E-state index in [4.69, 9.17) is 4.52 Å². The molecule has 0 unspecified atom stereocenters. The number of carbonyl (C=O) groups is 1. The number of aryl methyl sites for hydroxylation is 2. The molecule has 2 aromatic carbocycles. The van der Waals surface area contributed by atoms with Gasteiger partial charge in [0.25, 0.3) is 5.91 Å². The molecule has 7 nitrogen and oxygen atoms in total. The molecule has 0 bridgehead atoms. The van der Waals surface area contributed by atoms with E-state index in [0.29, 0.717) is 18.7 Å². The lowest BCUT2D eigenvalue weighted by Crippen LogP contribution is -2.40. The van der Waals surface area contributed by atoms with E-state index in [9.17, 15) is 13.2 Å².